The van der Waals surface area contributed by atoms with E-state index >= 15 is 0 Å². The number of H-pyrrole nitrogens is 1. The Kier molecular flexibility index (Phi) is 4.88. The van der Waals surface area contributed by atoms with Gasteiger partial charge in [-0.05, 0) is 13.3 Å². The molecule has 7 heteroatoms. The van der Waals surface area contributed by atoms with Gasteiger partial charge >= 0.3 is 0 Å². The van der Waals surface area contributed by atoms with Crippen LogP contribution >= 0.6 is 0 Å². The molecule has 1 aliphatic rings. The molecule has 7 nitrogen and oxygen atoms in total. The van der Waals surface area contributed by atoms with Gasteiger partial charge in [0, 0.05) is 38.1 Å². The van der Waals surface area contributed by atoms with Gasteiger partial charge in [0.2, 0.25) is 0 Å². The molecule has 124 valence electrons. The number of morpholine rings is 1. The molecule has 0 aliphatic carbocycles. The Morgan fingerprint density at radius 3 is 3.13 bits per heavy atom. The number of aromatic nitrogens is 4. The minimum atomic E-state index is -0.167. The third-order valence-corrected chi connectivity index (χ3v) is 3.99. The maximum absolute atomic E-state index is 11.6. The third-order valence-electron chi connectivity index (χ3n) is 3.99. The summed E-state index contributed by atoms with van der Waals surface area (Å²) in [6.45, 7) is 7.93. The first-order valence-electron chi connectivity index (χ1n) is 8.07. The van der Waals surface area contributed by atoms with Gasteiger partial charge in [0.15, 0.2) is 0 Å². The van der Waals surface area contributed by atoms with Crippen molar-refractivity contribution in [2.45, 2.75) is 39.5 Å². The monoisotopic (exact) mass is 317 g/mol. The lowest BCUT2D eigenvalue weighted by Crippen LogP contribution is -2.39. The van der Waals surface area contributed by atoms with E-state index in [4.69, 9.17) is 4.74 Å². The van der Waals surface area contributed by atoms with Crippen molar-refractivity contribution in [1.29, 1.82) is 0 Å². The Balaban J connectivity index is 1.70. The van der Waals surface area contributed by atoms with E-state index in [1.807, 2.05) is 12.4 Å². The van der Waals surface area contributed by atoms with Crippen molar-refractivity contribution in [3.8, 4) is 0 Å². The summed E-state index contributed by atoms with van der Waals surface area (Å²) in [5.41, 5.74) is 0.569. The number of nitrogens with one attached hydrogen (secondary N) is 1. The van der Waals surface area contributed by atoms with Crippen molar-refractivity contribution in [2.75, 3.05) is 19.7 Å². The molecule has 1 atom stereocenters. The topological polar surface area (TPSA) is 76.0 Å². The van der Waals surface area contributed by atoms with Crippen molar-refractivity contribution in [1.82, 2.24) is 24.4 Å². The molecule has 0 unspecified atom stereocenters. The molecule has 1 saturated heterocycles. The minimum absolute atomic E-state index is 0.133. The molecule has 0 spiro atoms. The summed E-state index contributed by atoms with van der Waals surface area (Å²) in [4.78, 5) is 25.5. The summed E-state index contributed by atoms with van der Waals surface area (Å²) >= 11 is 0. The summed E-state index contributed by atoms with van der Waals surface area (Å²) in [5, 5.41) is 0. The van der Waals surface area contributed by atoms with Gasteiger partial charge in [0.25, 0.3) is 5.56 Å². The number of rotatable bonds is 5. The zero-order valence-electron chi connectivity index (χ0n) is 13.7. The molecule has 3 heterocycles. The van der Waals surface area contributed by atoms with E-state index in [1.54, 1.807) is 6.92 Å². The highest BCUT2D eigenvalue weighted by Crippen LogP contribution is 2.20. The molecular weight excluding hydrogens is 294 g/mol. The molecule has 23 heavy (non-hydrogen) atoms. The number of hydrogen-bond acceptors (Lipinski definition) is 5. The highest BCUT2D eigenvalue weighted by molar-refractivity contribution is 5.07. The largest absolute Gasteiger partial charge is 0.369 e. The lowest BCUT2D eigenvalue weighted by molar-refractivity contribution is -0.0361. The maximum Gasteiger partial charge on any atom is 0.251 e. The van der Waals surface area contributed by atoms with E-state index in [0.29, 0.717) is 18.1 Å². The van der Waals surface area contributed by atoms with Crippen LogP contribution in [0.4, 0.5) is 0 Å². The first kappa shape index (κ1) is 15.9. The quantitative estimate of drug-likeness (QED) is 0.898. The summed E-state index contributed by atoms with van der Waals surface area (Å²) in [7, 11) is 0. The number of aryl methyl sites for hydroxylation is 2. The maximum atomic E-state index is 11.6. The molecule has 0 saturated carbocycles. The van der Waals surface area contributed by atoms with Gasteiger partial charge < -0.3 is 14.3 Å². The summed E-state index contributed by atoms with van der Waals surface area (Å²) < 4.78 is 8.01. The van der Waals surface area contributed by atoms with Crippen LogP contribution < -0.4 is 5.56 Å². The van der Waals surface area contributed by atoms with E-state index < -0.39 is 0 Å². The fraction of sp³-hybridized carbons (Fsp3) is 0.562. The first-order valence-corrected chi connectivity index (χ1v) is 8.07. The Hall–Kier alpha value is -1.99. The third kappa shape index (κ3) is 3.86. The average Bonchev–Trinajstić information content (AvgIpc) is 2.94. The Morgan fingerprint density at radius 1 is 1.48 bits per heavy atom. The van der Waals surface area contributed by atoms with Crippen LogP contribution in [-0.2, 0) is 17.8 Å². The SMILES string of the molecule is CCCn1ccnc1CN1CCO[C@H](c2cc(=O)[nH]c(C)n2)C1. The average molecular weight is 317 g/mol. The van der Waals surface area contributed by atoms with Gasteiger partial charge in [-0.3, -0.25) is 9.69 Å². The van der Waals surface area contributed by atoms with Crippen molar-refractivity contribution in [3.63, 3.8) is 0 Å². The molecule has 2 aromatic heterocycles. The Labute approximate surface area is 135 Å². The highest BCUT2D eigenvalue weighted by Gasteiger charge is 2.24. The van der Waals surface area contributed by atoms with E-state index in [0.717, 1.165) is 38.4 Å². The molecule has 3 rings (SSSR count). The first-order chi connectivity index (χ1) is 11.2. The predicted molar refractivity (Wildman–Crippen MR) is 86.1 cm³/mol. The zero-order valence-corrected chi connectivity index (χ0v) is 13.7. The molecule has 0 aromatic carbocycles. The van der Waals surface area contributed by atoms with Crippen LogP contribution in [0.3, 0.4) is 0 Å². The zero-order chi connectivity index (χ0) is 16.2. The van der Waals surface area contributed by atoms with Crippen molar-refractivity contribution in [2.24, 2.45) is 0 Å². The van der Waals surface area contributed by atoms with Crippen molar-refractivity contribution >= 4 is 0 Å². The smallest absolute Gasteiger partial charge is 0.251 e. The number of hydrogen-bond donors (Lipinski definition) is 1. The van der Waals surface area contributed by atoms with Crippen LogP contribution in [0.2, 0.25) is 0 Å². The van der Waals surface area contributed by atoms with Crippen LogP contribution in [0, 0.1) is 6.92 Å². The molecular formula is C16H23N5O2. The normalized spacial score (nSPS) is 19.1. The number of nitrogens with zero attached hydrogens (tertiary/aromatic N) is 4. The molecule has 0 amide bonds. The Bertz CT molecular complexity index is 708. The van der Waals surface area contributed by atoms with Crippen LogP contribution in [0.25, 0.3) is 0 Å². The van der Waals surface area contributed by atoms with Crippen LogP contribution in [0.15, 0.2) is 23.3 Å². The number of ether oxygens (including phenoxy) is 1. The van der Waals surface area contributed by atoms with Crippen LogP contribution in [0.1, 0.15) is 36.8 Å². The fourth-order valence-electron chi connectivity index (χ4n) is 2.93. The second-order valence-electron chi connectivity index (χ2n) is 5.89. The summed E-state index contributed by atoms with van der Waals surface area (Å²) in [6, 6.07) is 1.53. The van der Waals surface area contributed by atoms with Gasteiger partial charge in [-0.1, -0.05) is 6.92 Å². The van der Waals surface area contributed by atoms with Crippen molar-refractivity contribution in [3.05, 3.63) is 46.2 Å². The summed E-state index contributed by atoms with van der Waals surface area (Å²) in [5.74, 6) is 1.69. The molecule has 2 aromatic rings. The lowest BCUT2D eigenvalue weighted by atomic mass is 10.2. The number of imidazole rings is 1. The standard InChI is InChI=1S/C16H23N5O2/c1-3-5-21-6-4-17-15(21)11-20-7-8-23-14(10-20)13-9-16(22)19-12(2)18-13/h4,6,9,14H,3,5,7-8,10-11H2,1-2H3,(H,18,19,22)/t14-/m0/s1. The summed E-state index contributed by atoms with van der Waals surface area (Å²) in [6.07, 6.45) is 4.80. The van der Waals surface area contributed by atoms with Gasteiger partial charge in [0.05, 0.1) is 18.8 Å². The lowest BCUT2D eigenvalue weighted by Gasteiger charge is -2.32. The Morgan fingerprint density at radius 2 is 2.35 bits per heavy atom. The molecule has 0 radical (unpaired) electrons. The van der Waals surface area contributed by atoms with E-state index in [1.165, 1.54) is 6.07 Å². The molecule has 1 N–H and O–H groups in total. The molecule has 0 bridgehead atoms. The van der Waals surface area contributed by atoms with E-state index in [-0.39, 0.29) is 11.7 Å². The fourth-order valence-corrected chi connectivity index (χ4v) is 2.93. The predicted octanol–water partition coefficient (Wildman–Crippen LogP) is 1.26. The highest BCUT2D eigenvalue weighted by atomic mass is 16.5. The van der Waals surface area contributed by atoms with E-state index in [2.05, 4.69) is 31.3 Å². The van der Waals surface area contributed by atoms with Crippen LogP contribution in [-0.4, -0.2) is 44.1 Å². The van der Waals surface area contributed by atoms with Crippen molar-refractivity contribution < 1.29 is 4.74 Å². The van der Waals surface area contributed by atoms with E-state index in [9.17, 15) is 4.79 Å². The van der Waals surface area contributed by atoms with Gasteiger partial charge in [0.1, 0.15) is 17.8 Å². The van der Waals surface area contributed by atoms with Gasteiger partial charge in [-0.25, -0.2) is 9.97 Å². The second-order valence-corrected chi connectivity index (χ2v) is 5.89. The molecule has 1 aliphatic heterocycles. The minimum Gasteiger partial charge on any atom is -0.369 e. The van der Waals surface area contributed by atoms with Crippen LogP contribution in [0.5, 0.6) is 0 Å². The van der Waals surface area contributed by atoms with Gasteiger partial charge in [-0.2, -0.15) is 0 Å². The number of aromatic amines is 1. The van der Waals surface area contributed by atoms with Gasteiger partial charge in [-0.15, -0.1) is 0 Å². The molecule has 1 fully saturated rings. The second kappa shape index (κ2) is 7.06.